The van der Waals surface area contributed by atoms with Gasteiger partial charge in [0.05, 0.1) is 25.6 Å². The normalized spacial score (nSPS) is 28.3. The number of carbonyl (C=O) groups is 1. The first-order chi connectivity index (χ1) is 7.27. The molecule has 1 heterocycles. The smallest absolute Gasteiger partial charge is 0.337 e. The first-order valence-corrected chi connectivity index (χ1v) is 5.00. The van der Waals surface area contributed by atoms with E-state index in [4.69, 9.17) is 9.47 Å². The van der Waals surface area contributed by atoms with Crippen molar-refractivity contribution < 1.29 is 14.3 Å². The molecule has 2 aliphatic rings. The molecule has 0 saturated heterocycles. The third kappa shape index (κ3) is 1.58. The maximum atomic E-state index is 11.5. The van der Waals surface area contributed by atoms with E-state index < -0.39 is 0 Å². The largest absolute Gasteiger partial charge is 0.500 e. The fourth-order valence-electron chi connectivity index (χ4n) is 2.25. The van der Waals surface area contributed by atoms with Gasteiger partial charge in [-0.05, 0) is 12.0 Å². The summed E-state index contributed by atoms with van der Waals surface area (Å²) in [6.07, 6.45) is 6.37. The van der Waals surface area contributed by atoms with Crippen molar-refractivity contribution in [3.05, 3.63) is 36.1 Å². The van der Waals surface area contributed by atoms with Crippen LogP contribution >= 0.6 is 0 Å². The second-order valence-electron chi connectivity index (χ2n) is 3.76. The van der Waals surface area contributed by atoms with Crippen molar-refractivity contribution in [1.29, 1.82) is 0 Å². The lowest BCUT2D eigenvalue weighted by Crippen LogP contribution is -2.27. The Morgan fingerprint density at radius 2 is 2.47 bits per heavy atom. The molecule has 1 aliphatic carbocycles. The molecule has 3 heteroatoms. The molecule has 3 nitrogen and oxygen atoms in total. The summed E-state index contributed by atoms with van der Waals surface area (Å²) in [6, 6.07) is 0. The molecule has 0 aromatic carbocycles. The minimum atomic E-state index is -0.289. The summed E-state index contributed by atoms with van der Waals surface area (Å²) in [7, 11) is 1.39. The quantitative estimate of drug-likeness (QED) is 0.646. The van der Waals surface area contributed by atoms with Gasteiger partial charge in [-0.1, -0.05) is 18.7 Å². The van der Waals surface area contributed by atoms with Gasteiger partial charge in [0, 0.05) is 11.8 Å². The first-order valence-electron chi connectivity index (χ1n) is 5.00. The Bertz CT molecular complexity index is 352. The average Bonchev–Trinajstić information content (AvgIpc) is 2.70. The lowest BCUT2D eigenvalue weighted by atomic mass is 9.85. The van der Waals surface area contributed by atoms with Gasteiger partial charge in [-0.25, -0.2) is 4.79 Å². The van der Waals surface area contributed by atoms with Gasteiger partial charge in [0.2, 0.25) is 0 Å². The van der Waals surface area contributed by atoms with Gasteiger partial charge >= 0.3 is 5.97 Å². The number of fused-ring (bicyclic) bond motifs is 1. The van der Waals surface area contributed by atoms with Crippen molar-refractivity contribution in [2.45, 2.75) is 6.42 Å². The van der Waals surface area contributed by atoms with Crippen LogP contribution in [0.4, 0.5) is 0 Å². The summed E-state index contributed by atoms with van der Waals surface area (Å²) < 4.78 is 10.0. The zero-order chi connectivity index (χ0) is 10.8. The Labute approximate surface area is 89.1 Å². The van der Waals surface area contributed by atoms with E-state index in [1.165, 1.54) is 18.9 Å². The van der Waals surface area contributed by atoms with Crippen LogP contribution < -0.4 is 0 Å². The van der Waals surface area contributed by atoms with E-state index in [1.54, 1.807) is 0 Å². The predicted octanol–water partition coefficient (Wildman–Crippen LogP) is 1.82. The standard InChI is InChI=1S/C12H14O3/c1-3-8-4-5-9-10(8)6-15-7-11(9)12(13)14-2/h3-4,7,9-10H,1,5-6H2,2H3. The molecular weight excluding hydrogens is 192 g/mol. The SMILES string of the molecule is C=CC1=CCC2C(C(=O)OC)=COCC12. The van der Waals surface area contributed by atoms with Crippen LogP contribution in [-0.4, -0.2) is 19.7 Å². The minimum absolute atomic E-state index is 0.208. The Balaban J connectivity index is 2.22. The van der Waals surface area contributed by atoms with Crippen molar-refractivity contribution in [3.8, 4) is 0 Å². The molecule has 0 radical (unpaired) electrons. The summed E-state index contributed by atoms with van der Waals surface area (Å²) in [6.45, 7) is 4.39. The molecule has 0 saturated carbocycles. The summed E-state index contributed by atoms with van der Waals surface area (Å²) in [5.74, 6) is 0.184. The fourth-order valence-corrected chi connectivity index (χ4v) is 2.25. The molecule has 2 unspecified atom stereocenters. The Morgan fingerprint density at radius 3 is 3.13 bits per heavy atom. The third-order valence-electron chi connectivity index (χ3n) is 3.06. The summed E-state index contributed by atoms with van der Waals surface area (Å²) >= 11 is 0. The number of ether oxygens (including phenoxy) is 2. The number of allylic oxidation sites excluding steroid dienone is 2. The minimum Gasteiger partial charge on any atom is -0.500 e. The van der Waals surface area contributed by atoms with Crippen molar-refractivity contribution in [1.82, 2.24) is 0 Å². The fraction of sp³-hybridized carbons (Fsp3) is 0.417. The molecule has 2 rings (SSSR count). The molecule has 0 N–H and O–H groups in total. The maximum Gasteiger partial charge on any atom is 0.337 e. The van der Waals surface area contributed by atoms with Gasteiger partial charge in [0.25, 0.3) is 0 Å². The summed E-state index contributed by atoms with van der Waals surface area (Å²) in [5.41, 5.74) is 1.82. The third-order valence-corrected chi connectivity index (χ3v) is 3.06. The van der Waals surface area contributed by atoms with Crippen LogP contribution in [0, 0.1) is 11.8 Å². The molecule has 80 valence electrons. The topological polar surface area (TPSA) is 35.5 Å². The summed E-state index contributed by atoms with van der Waals surface area (Å²) in [4.78, 5) is 11.5. The Kier molecular flexibility index (Phi) is 2.62. The van der Waals surface area contributed by atoms with Gasteiger partial charge in [-0.15, -0.1) is 0 Å². The van der Waals surface area contributed by atoms with E-state index >= 15 is 0 Å². The highest BCUT2D eigenvalue weighted by molar-refractivity contribution is 5.89. The van der Waals surface area contributed by atoms with E-state index in [1.807, 2.05) is 6.08 Å². The van der Waals surface area contributed by atoms with Crippen LogP contribution in [0.2, 0.25) is 0 Å². The van der Waals surface area contributed by atoms with E-state index in [9.17, 15) is 4.79 Å². The highest BCUT2D eigenvalue weighted by atomic mass is 16.5. The van der Waals surface area contributed by atoms with Gasteiger partial charge in [0.1, 0.15) is 0 Å². The van der Waals surface area contributed by atoms with Crippen molar-refractivity contribution in [2.75, 3.05) is 13.7 Å². The second kappa shape index (κ2) is 3.93. The highest BCUT2D eigenvalue weighted by Gasteiger charge is 2.37. The Morgan fingerprint density at radius 1 is 1.67 bits per heavy atom. The predicted molar refractivity (Wildman–Crippen MR) is 55.9 cm³/mol. The molecule has 0 bridgehead atoms. The van der Waals surface area contributed by atoms with Crippen molar-refractivity contribution >= 4 is 5.97 Å². The number of rotatable bonds is 2. The number of carbonyl (C=O) groups excluding carboxylic acids is 1. The molecule has 0 aromatic heterocycles. The highest BCUT2D eigenvalue weighted by Crippen LogP contribution is 2.40. The van der Waals surface area contributed by atoms with E-state index in [-0.39, 0.29) is 17.8 Å². The van der Waals surface area contributed by atoms with Crippen molar-refractivity contribution in [3.63, 3.8) is 0 Å². The molecule has 0 amide bonds. The lowest BCUT2D eigenvalue weighted by molar-refractivity contribution is -0.137. The van der Waals surface area contributed by atoms with Gasteiger partial charge in [0.15, 0.2) is 0 Å². The van der Waals surface area contributed by atoms with Crippen LogP contribution in [0.15, 0.2) is 36.1 Å². The molecule has 1 aliphatic heterocycles. The monoisotopic (exact) mass is 206 g/mol. The Hall–Kier alpha value is -1.51. The molecule has 0 fully saturated rings. The zero-order valence-corrected chi connectivity index (χ0v) is 8.73. The molecule has 2 atom stereocenters. The van der Waals surface area contributed by atoms with Gasteiger partial charge in [-0.3, -0.25) is 0 Å². The number of hydrogen-bond acceptors (Lipinski definition) is 3. The molecule has 0 aromatic rings. The number of hydrogen-bond donors (Lipinski definition) is 0. The zero-order valence-electron chi connectivity index (χ0n) is 8.73. The van der Waals surface area contributed by atoms with Crippen LogP contribution in [0.1, 0.15) is 6.42 Å². The van der Waals surface area contributed by atoms with Gasteiger partial charge < -0.3 is 9.47 Å². The molecule has 15 heavy (non-hydrogen) atoms. The van der Waals surface area contributed by atoms with Crippen LogP contribution in [-0.2, 0) is 14.3 Å². The number of methoxy groups -OCH3 is 1. The number of esters is 1. The average molecular weight is 206 g/mol. The first kappa shape index (κ1) is 10.0. The second-order valence-corrected chi connectivity index (χ2v) is 3.76. The van der Waals surface area contributed by atoms with Crippen LogP contribution in [0.25, 0.3) is 0 Å². The van der Waals surface area contributed by atoms with Crippen molar-refractivity contribution in [2.24, 2.45) is 11.8 Å². The lowest BCUT2D eigenvalue weighted by Gasteiger charge is -2.26. The van der Waals surface area contributed by atoms with E-state index in [2.05, 4.69) is 12.7 Å². The van der Waals surface area contributed by atoms with E-state index in [0.717, 1.165) is 6.42 Å². The summed E-state index contributed by atoms with van der Waals surface area (Å²) in [5, 5.41) is 0. The van der Waals surface area contributed by atoms with Crippen LogP contribution in [0.5, 0.6) is 0 Å². The molecular formula is C12H14O3. The van der Waals surface area contributed by atoms with E-state index in [0.29, 0.717) is 12.2 Å². The van der Waals surface area contributed by atoms with Crippen LogP contribution in [0.3, 0.4) is 0 Å². The van der Waals surface area contributed by atoms with Gasteiger partial charge in [-0.2, -0.15) is 0 Å². The molecule has 0 spiro atoms. The maximum absolute atomic E-state index is 11.5.